The Morgan fingerprint density at radius 3 is 1.25 bits per heavy atom. The zero-order valence-electron chi connectivity index (χ0n) is 17.5. The standard InChI is InChI=1S/C20H22Cl2N2O2.Mn.4O.Re/c1-19(2,23-11-13-9-15(21)5-7-17(13)25)20(3,4)24-12-14-10-16(22)6-8-18(14)26;;;;;;/h5-12,25-26H,1-4H3;;;;;;/q;;4*-2;/p-2. The molecule has 12 heteroatoms. The number of nitrogens with zero attached hydrogens (tertiary/aromatic N) is 2. The predicted octanol–water partition coefficient (Wildman–Crippen LogP) is 3.76. The molecule has 0 N–H and O–H groups in total. The van der Waals surface area contributed by atoms with E-state index in [9.17, 15) is 10.2 Å². The van der Waals surface area contributed by atoms with Crippen LogP contribution in [0.25, 0.3) is 0 Å². The van der Waals surface area contributed by atoms with Crippen LogP contribution in [0.1, 0.15) is 38.8 Å². The Kier molecular flexibility index (Phi) is 21.4. The van der Waals surface area contributed by atoms with E-state index < -0.39 is 11.1 Å². The Morgan fingerprint density at radius 1 is 0.688 bits per heavy atom. The van der Waals surface area contributed by atoms with Crippen molar-refractivity contribution in [3.05, 3.63) is 57.6 Å². The molecule has 32 heavy (non-hydrogen) atoms. The Bertz CT molecular complexity index is 812. The summed E-state index contributed by atoms with van der Waals surface area (Å²) in [7, 11) is 0. The first kappa shape index (κ1) is 41.3. The molecule has 2 aromatic rings. The van der Waals surface area contributed by atoms with Crippen molar-refractivity contribution in [2.45, 2.75) is 38.8 Å². The van der Waals surface area contributed by atoms with Crippen LogP contribution < -0.4 is 10.2 Å². The van der Waals surface area contributed by atoms with Crippen molar-refractivity contribution in [3.8, 4) is 11.5 Å². The fraction of sp³-hybridized carbons (Fsp3) is 0.300. The number of benzene rings is 2. The van der Waals surface area contributed by atoms with Crippen molar-refractivity contribution in [3.63, 3.8) is 0 Å². The zero-order valence-corrected chi connectivity index (χ0v) is 22.9. The smallest absolute Gasteiger partial charge is 0.0797 e. The van der Waals surface area contributed by atoms with Crippen molar-refractivity contribution < 1.29 is 69.6 Å². The Labute approximate surface area is 222 Å². The number of rotatable bonds is 5. The van der Waals surface area contributed by atoms with E-state index in [2.05, 4.69) is 9.98 Å². The zero-order chi connectivity index (χ0) is 19.5. The topological polar surface area (TPSA) is 185 Å². The predicted molar refractivity (Wildman–Crippen MR) is 108 cm³/mol. The average Bonchev–Trinajstić information content (AvgIpc) is 2.56. The van der Waals surface area contributed by atoms with Crippen LogP contribution in [0.2, 0.25) is 10.0 Å². The van der Waals surface area contributed by atoms with E-state index in [1.54, 1.807) is 24.3 Å². The molecule has 0 aliphatic carbocycles. The minimum absolute atomic E-state index is 0. The van der Waals surface area contributed by atoms with Gasteiger partial charge in [-0.2, -0.15) is 0 Å². The Balaban J connectivity index is -0.000000405. The van der Waals surface area contributed by atoms with Crippen LogP contribution in [0.3, 0.4) is 0 Å². The summed E-state index contributed by atoms with van der Waals surface area (Å²) in [5, 5.41) is 24.7. The van der Waals surface area contributed by atoms with Crippen LogP contribution >= 0.6 is 23.2 Å². The van der Waals surface area contributed by atoms with Crippen molar-refractivity contribution >= 4 is 35.6 Å². The molecule has 2 aromatic carbocycles. The minimum atomic E-state index is -0.639. The van der Waals surface area contributed by atoms with Gasteiger partial charge in [-0.3, -0.25) is 9.98 Å². The SMILES string of the molecule is CC(C)(N=Cc1cc(Cl)ccc1[O-])C(C)(C)N=Cc1cc(Cl)ccc1[O-].[Mn].[O-2].[O-2].[O-2].[O-2].[Re]. The summed E-state index contributed by atoms with van der Waals surface area (Å²) in [5.74, 6) is -0.296. The van der Waals surface area contributed by atoms with E-state index in [0.29, 0.717) is 21.2 Å². The largest absolute Gasteiger partial charge is 2.00 e. The molecule has 0 unspecified atom stereocenters. The third-order valence-electron chi connectivity index (χ3n) is 4.49. The van der Waals surface area contributed by atoms with Gasteiger partial charge in [0, 0.05) is 60.0 Å². The van der Waals surface area contributed by atoms with Crippen molar-refractivity contribution in [2.75, 3.05) is 0 Å². The molecule has 2 radical (unpaired) electrons. The average molecular weight is 696 g/mol. The van der Waals surface area contributed by atoms with Crippen molar-refractivity contribution in [2.24, 2.45) is 9.98 Å². The molecular formula is C20H20Cl2MnN2O6Re-10. The summed E-state index contributed by atoms with van der Waals surface area (Å²) >= 11 is 11.9. The van der Waals surface area contributed by atoms with Crippen LogP contribution in [0.5, 0.6) is 11.5 Å². The van der Waals surface area contributed by atoms with Gasteiger partial charge in [-0.05, 0) is 63.1 Å². The van der Waals surface area contributed by atoms with Gasteiger partial charge in [0.15, 0.2) is 0 Å². The van der Waals surface area contributed by atoms with Gasteiger partial charge in [0.1, 0.15) is 0 Å². The van der Waals surface area contributed by atoms with Crippen LogP contribution in [0.4, 0.5) is 0 Å². The van der Waals surface area contributed by atoms with Crippen molar-refractivity contribution in [1.29, 1.82) is 0 Å². The van der Waals surface area contributed by atoms with E-state index in [1.165, 1.54) is 24.6 Å². The molecule has 0 saturated carbocycles. The molecule has 0 aliphatic rings. The quantitative estimate of drug-likeness (QED) is 0.341. The van der Waals surface area contributed by atoms with E-state index >= 15 is 0 Å². The van der Waals surface area contributed by atoms with E-state index in [-0.39, 0.29) is 70.9 Å². The molecule has 0 spiro atoms. The fourth-order valence-corrected chi connectivity index (χ4v) is 2.38. The summed E-state index contributed by atoms with van der Waals surface area (Å²) in [6.07, 6.45) is 3.04. The van der Waals surface area contributed by atoms with Gasteiger partial charge >= 0.3 is 0 Å². The second-order valence-corrected chi connectivity index (χ2v) is 7.87. The first-order valence-corrected chi connectivity index (χ1v) is 8.81. The van der Waals surface area contributed by atoms with Crippen LogP contribution in [-0.4, -0.2) is 23.5 Å². The maximum Gasteiger partial charge on any atom is 0.0797 e. The van der Waals surface area contributed by atoms with E-state index in [4.69, 9.17) is 23.2 Å². The molecule has 8 nitrogen and oxygen atoms in total. The third kappa shape index (κ3) is 10.7. The molecule has 0 amide bonds. The normalized spacial score (nSPS) is 10.6. The van der Waals surface area contributed by atoms with Crippen molar-refractivity contribution in [1.82, 2.24) is 0 Å². The first-order valence-electron chi connectivity index (χ1n) is 8.05. The summed E-state index contributed by atoms with van der Waals surface area (Å²) in [4.78, 5) is 9.10. The minimum Gasteiger partial charge on any atom is -2.00 e. The summed E-state index contributed by atoms with van der Waals surface area (Å²) in [6, 6.07) is 9.08. The molecule has 0 saturated heterocycles. The van der Waals surface area contributed by atoms with Gasteiger partial charge in [0.05, 0.1) is 11.1 Å². The van der Waals surface area contributed by atoms with E-state index in [1.807, 2.05) is 27.7 Å². The maximum atomic E-state index is 11.9. The van der Waals surface area contributed by atoms with Crippen LogP contribution in [-0.2, 0) is 59.4 Å². The van der Waals surface area contributed by atoms with Gasteiger partial charge < -0.3 is 32.1 Å². The van der Waals surface area contributed by atoms with Gasteiger partial charge in [0.2, 0.25) is 0 Å². The second-order valence-electron chi connectivity index (χ2n) is 7.00. The molecule has 184 valence electrons. The van der Waals surface area contributed by atoms with Gasteiger partial charge in [-0.1, -0.05) is 46.8 Å². The molecular weight excluding hydrogens is 676 g/mol. The molecule has 0 fully saturated rings. The van der Waals surface area contributed by atoms with Crippen LogP contribution in [0, 0.1) is 0 Å². The molecule has 0 aliphatic heterocycles. The summed E-state index contributed by atoms with van der Waals surface area (Å²) < 4.78 is 0. The Morgan fingerprint density at radius 2 is 0.969 bits per heavy atom. The Hall–Kier alpha value is -1.02. The van der Waals surface area contributed by atoms with Gasteiger partial charge in [-0.25, -0.2) is 0 Å². The third-order valence-corrected chi connectivity index (χ3v) is 4.96. The number of hydrogen-bond acceptors (Lipinski definition) is 4. The molecule has 0 aromatic heterocycles. The molecule has 0 heterocycles. The monoisotopic (exact) mass is 696 g/mol. The van der Waals surface area contributed by atoms with E-state index in [0.717, 1.165) is 0 Å². The fourth-order valence-electron chi connectivity index (χ4n) is 2.02. The first-order chi connectivity index (χ1) is 12.0. The maximum absolute atomic E-state index is 11.9. The summed E-state index contributed by atoms with van der Waals surface area (Å²) in [5.41, 5.74) is -0.441. The summed E-state index contributed by atoms with van der Waals surface area (Å²) in [6.45, 7) is 7.63. The van der Waals surface area contributed by atoms with Gasteiger partial charge in [0.25, 0.3) is 0 Å². The number of halogens is 2. The number of aliphatic imine (C=N–C) groups is 2. The van der Waals surface area contributed by atoms with Crippen LogP contribution in [0.15, 0.2) is 46.4 Å². The second kappa shape index (κ2) is 16.6. The number of hydrogen-bond donors (Lipinski definition) is 0. The molecule has 0 bridgehead atoms. The molecule has 0 atom stereocenters. The van der Waals surface area contributed by atoms with Gasteiger partial charge in [-0.15, -0.1) is 0 Å². The molecule has 2 rings (SSSR count).